The molecule has 0 atom stereocenters. The second kappa shape index (κ2) is 9.69. The van der Waals surface area contributed by atoms with Crippen molar-refractivity contribution in [2.24, 2.45) is 0 Å². The van der Waals surface area contributed by atoms with E-state index in [4.69, 9.17) is 4.74 Å². The van der Waals surface area contributed by atoms with Crippen LogP contribution in [-0.2, 0) is 11.2 Å². The van der Waals surface area contributed by atoms with E-state index in [0.717, 1.165) is 11.3 Å². The predicted molar refractivity (Wildman–Crippen MR) is 110 cm³/mol. The highest BCUT2D eigenvalue weighted by molar-refractivity contribution is 5.92. The summed E-state index contributed by atoms with van der Waals surface area (Å²) in [4.78, 5) is 24.2. The molecule has 0 aliphatic carbocycles. The SMILES string of the molecule is COc1ccc(C)cc1-n1ccc(C(=O)NCCNC(=O)Cc2cccc(F)c2)n1. The van der Waals surface area contributed by atoms with Crippen LogP contribution in [0.25, 0.3) is 5.69 Å². The third-order valence-electron chi connectivity index (χ3n) is 4.39. The summed E-state index contributed by atoms with van der Waals surface area (Å²) in [6.07, 6.45) is 1.77. The number of aromatic nitrogens is 2. The van der Waals surface area contributed by atoms with Crippen LogP contribution in [0.5, 0.6) is 5.75 Å². The summed E-state index contributed by atoms with van der Waals surface area (Å²) in [5.41, 5.74) is 2.63. The van der Waals surface area contributed by atoms with E-state index in [-0.39, 0.29) is 42.8 Å². The highest BCUT2D eigenvalue weighted by Gasteiger charge is 2.12. The van der Waals surface area contributed by atoms with Crippen LogP contribution in [0, 0.1) is 12.7 Å². The monoisotopic (exact) mass is 410 g/mol. The summed E-state index contributed by atoms with van der Waals surface area (Å²) >= 11 is 0. The molecule has 0 saturated carbocycles. The number of hydrogen-bond donors (Lipinski definition) is 2. The number of ether oxygens (including phenoxy) is 1. The molecule has 0 saturated heterocycles. The van der Waals surface area contributed by atoms with E-state index >= 15 is 0 Å². The lowest BCUT2D eigenvalue weighted by Gasteiger charge is -2.09. The molecule has 0 aliphatic rings. The molecule has 2 N–H and O–H groups in total. The molecule has 1 aromatic heterocycles. The number of halogens is 1. The van der Waals surface area contributed by atoms with Gasteiger partial charge in [0.15, 0.2) is 5.69 Å². The van der Waals surface area contributed by atoms with Crippen molar-refractivity contribution in [3.05, 3.63) is 77.4 Å². The van der Waals surface area contributed by atoms with Gasteiger partial charge >= 0.3 is 0 Å². The fourth-order valence-electron chi connectivity index (χ4n) is 2.92. The Morgan fingerprint density at radius 2 is 1.90 bits per heavy atom. The molecule has 0 fully saturated rings. The molecule has 0 unspecified atom stereocenters. The number of carbonyl (C=O) groups excluding carboxylic acids is 2. The molecule has 0 aliphatic heterocycles. The van der Waals surface area contributed by atoms with Crippen LogP contribution in [0.15, 0.2) is 54.7 Å². The number of methoxy groups -OCH3 is 1. The van der Waals surface area contributed by atoms with Gasteiger partial charge in [0.25, 0.3) is 5.91 Å². The molecular weight excluding hydrogens is 387 g/mol. The Morgan fingerprint density at radius 3 is 2.67 bits per heavy atom. The van der Waals surface area contributed by atoms with Crippen molar-refractivity contribution in [3.63, 3.8) is 0 Å². The third kappa shape index (κ3) is 5.44. The Hall–Kier alpha value is -3.68. The first kappa shape index (κ1) is 21.0. The van der Waals surface area contributed by atoms with Gasteiger partial charge in [0.05, 0.1) is 13.5 Å². The normalized spacial score (nSPS) is 10.5. The maximum Gasteiger partial charge on any atom is 0.271 e. The van der Waals surface area contributed by atoms with Gasteiger partial charge in [-0.25, -0.2) is 9.07 Å². The highest BCUT2D eigenvalue weighted by Crippen LogP contribution is 2.23. The number of aryl methyl sites for hydroxylation is 1. The largest absolute Gasteiger partial charge is 0.494 e. The molecule has 2 amide bonds. The molecule has 30 heavy (non-hydrogen) atoms. The van der Waals surface area contributed by atoms with Gasteiger partial charge in [0.1, 0.15) is 17.3 Å². The lowest BCUT2D eigenvalue weighted by molar-refractivity contribution is -0.120. The number of hydrogen-bond acceptors (Lipinski definition) is 4. The van der Waals surface area contributed by atoms with Crippen molar-refractivity contribution in [1.82, 2.24) is 20.4 Å². The summed E-state index contributed by atoms with van der Waals surface area (Å²) in [6, 6.07) is 13.2. The van der Waals surface area contributed by atoms with Crippen LogP contribution in [0.4, 0.5) is 4.39 Å². The average Bonchev–Trinajstić information content (AvgIpc) is 3.21. The molecule has 156 valence electrons. The van der Waals surface area contributed by atoms with Crippen LogP contribution in [0.2, 0.25) is 0 Å². The molecule has 7 nitrogen and oxygen atoms in total. The zero-order chi connectivity index (χ0) is 21.5. The predicted octanol–water partition coefficient (Wildman–Crippen LogP) is 2.42. The molecule has 8 heteroatoms. The van der Waals surface area contributed by atoms with Crippen molar-refractivity contribution in [1.29, 1.82) is 0 Å². The Morgan fingerprint density at radius 1 is 1.10 bits per heavy atom. The molecule has 3 aromatic rings. The standard InChI is InChI=1S/C22H23FN4O3/c1-15-6-7-20(30-2)19(12-15)27-11-8-18(26-27)22(29)25-10-9-24-21(28)14-16-4-3-5-17(23)13-16/h3-8,11-13H,9-10,14H2,1-2H3,(H,24,28)(H,25,29). The number of nitrogens with zero attached hydrogens (tertiary/aromatic N) is 2. The average molecular weight is 410 g/mol. The summed E-state index contributed by atoms with van der Waals surface area (Å²) < 4.78 is 20.1. The van der Waals surface area contributed by atoms with Crippen molar-refractivity contribution in [2.45, 2.75) is 13.3 Å². The molecular formula is C22H23FN4O3. The summed E-state index contributed by atoms with van der Waals surface area (Å²) in [7, 11) is 1.58. The second-order valence-corrected chi connectivity index (χ2v) is 6.73. The van der Waals surface area contributed by atoms with E-state index in [2.05, 4.69) is 15.7 Å². The van der Waals surface area contributed by atoms with Gasteiger partial charge in [-0.05, 0) is 48.4 Å². The van der Waals surface area contributed by atoms with Crippen molar-refractivity contribution in [3.8, 4) is 11.4 Å². The van der Waals surface area contributed by atoms with Gasteiger partial charge in [-0.1, -0.05) is 18.2 Å². The van der Waals surface area contributed by atoms with Crippen LogP contribution in [0.3, 0.4) is 0 Å². The van der Waals surface area contributed by atoms with E-state index < -0.39 is 0 Å². The maximum atomic E-state index is 13.2. The van der Waals surface area contributed by atoms with Gasteiger partial charge in [0, 0.05) is 19.3 Å². The minimum atomic E-state index is -0.379. The topological polar surface area (TPSA) is 85.2 Å². The van der Waals surface area contributed by atoms with E-state index in [9.17, 15) is 14.0 Å². The van der Waals surface area contributed by atoms with Crippen molar-refractivity contribution >= 4 is 11.8 Å². The van der Waals surface area contributed by atoms with Crippen LogP contribution >= 0.6 is 0 Å². The molecule has 0 bridgehead atoms. The quantitative estimate of drug-likeness (QED) is 0.559. The first-order valence-electron chi connectivity index (χ1n) is 9.46. The molecule has 2 aromatic carbocycles. The van der Waals surface area contributed by atoms with E-state index in [1.807, 2.05) is 25.1 Å². The Labute approximate surface area is 173 Å². The zero-order valence-electron chi connectivity index (χ0n) is 16.8. The van der Waals surface area contributed by atoms with Crippen LogP contribution < -0.4 is 15.4 Å². The highest BCUT2D eigenvalue weighted by atomic mass is 19.1. The Balaban J connectivity index is 1.49. The smallest absolute Gasteiger partial charge is 0.271 e. The summed E-state index contributed by atoms with van der Waals surface area (Å²) in [5.74, 6) is -0.322. The third-order valence-corrected chi connectivity index (χ3v) is 4.39. The molecule has 0 spiro atoms. The Kier molecular flexibility index (Phi) is 6.79. The first-order valence-corrected chi connectivity index (χ1v) is 9.46. The zero-order valence-corrected chi connectivity index (χ0v) is 16.8. The summed E-state index contributed by atoms with van der Waals surface area (Å²) in [5, 5.41) is 9.71. The van der Waals surface area contributed by atoms with Gasteiger partial charge in [-0.2, -0.15) is 5.10 Å². The minimum absolute atomic E-state index is 0.0778. The summed E-state index contributed by atoms with van der Waals surface area (Å²) in [6.45, 7) is 2.46. The molecule has 0 radical (unpaired) electrons. The fourth-order valence-corrected chi connectivity index (χ4v) is 2.92. The van der Waals surface area contributed by atoms with E-state index in [1.54, 1.807) is 36.2 Å². The van der Waals surface area contributed by atoms with Crippen molar-refractivity contribution in [2.75, 3.05) is 20.2 Å². The first-order chi connectivity index (χ1) is 14.5. The maximum absolute atomic E-state index is 13.2. The number of benzene rings is 2. The minimum Gasteiger partial charge on any atom is -0.494 e. The molecule has 3 rings (SSSR count). The number of carbonyl (C=O) groups is 2. The molecule has 1 heterocycles. The van der Waals surface area contributed by atoms with Gasteiger partial charge in [0.2, 0.25) is 5.91 Å². The van der Waals surface area contributed by atoms with E-state index in [0.29, 0.717) is 11.3 Å². The van der Waals surface area contributed by atoms with Crippen LogP contribution in [-0.4, -0.2) is 41.8 Å². The van der Waals surface area contributed by atoms with Gasteiger partial charge in [-0.3, -0.25) is 9.59 Å². The lowest BCUT2D eigenvalue weighted by atomic mass is 10.1. The van der Waals surface area contributed by atoms with Gasteiger partial charge < -0.3 is 15.4 Å². The number of rotatable bonds is 8. The van der Waals surface area contributed by atoms with E-state index in [1.165, 1.54) is 12.1 Å². The van der Waals surface area contributed by atoms with Crippen molar-refractivity contribution < 1.29 is 18.7 Å². The second-order valence-electron chi connectivity index (χ2n) is 6.73. The fraction of sp³-hybridized carbons (Fsp3) is 0.227. The Bertz CT molecular complexity index is 1050. The van der Waals surface area contributed by atoms with Gasteiger partial charge in [-0.15, -0.1) is 0 Å². The lowest BCUT2D eigenvalue weighted by Crippen LogP contribution is -2.35. The van der Waals surface area contributed by atoms with Crippen LogP contribution in [0.1, 0.15) is 21.6 Å². The number of nitrogens with one attached hydrogen (secondary N) is 2. The number of amides is 2.